The van der Waals surface area contributed by atoms with E-state index in [-0.39, 0.29) is 0 Å². The number of hydrogen-bond donors (Lipinski definition) is 0. The highest BCUT2D eigenvalue weighted by atomic mass is 32.2. The van der Waals surface area contributed by atoms with Crippen LogP contribution in [-0.4, -0.2) is 47.7 Å². The van der Waals surface area contributed by atoms with Crippen molar-refractivity contribution < 1.29 is 4.74 Å². The Morgan fingerprint density at radius 3 is 1.17 bits per heavy atom. The lowest BCUT2D eigenvalue weighted by atomic mass is 10.8. The first-order valence-electron chi connectivity index (χ1n) is 4.31. The largest absolute Gasteiger partial charge is 0.380 e. The van der Waals surface area contributed by atoms with E-state index >= 15 is 0 Å². The van der Waals surface area contributed by atoms with Gasteiger partial charge in [-0.15, -0.1) is 0 Å². The molecule has 4 heteroatoms. The van der Waals surface area contributed by atoms with Gasteiger partial charge in [0.2, 0.25) is 0 Å². The van der Waals surface area contributed by atoms with Gasteiger partial charge in [-0.05, 0) is 0 Å². The number of thioether (sulfide) groups is 3. The standard InChI is InChI=1S/C4H8OS.C4H8S2/c1-3-6-4-2-5-1;1-2-6-4-3-5-1/h2*1-4H2. The molecule has 0 N–H and O–H groups in total. The highest BCUT2D eigenvalue weighted by Gasteiger charge is 1.96. The van der Waals surface area contributed by atoms with Gasteiger partial charge in [0.15, 0.2) is 0 Å². The summed E-state index contributed by atoms with van der Waals surface area (Å²) in [6, 6.07) is 0. The maximum Gasteiger partial charge on any atom is 0.0557 e. The number of hydrogen-bond acceptors (Lipinski definition) is 4. The molecule has 0 radical (unpaired) electrons. The predicted molar refractivity (Wildman–Crippen MR) is 62.8 cm³/mol. The molecule has 0 aromatic rings. The first-order valence-corrected chi connectivity index (χ1v) is 7.77. The highest BCUT2D eigenvalue weighted by molar-refractivity contribution is 8.06. The normalized spacial score (nSPS) is 24.0. The highest BCUT2D eigenvalue weighted by Crippen LogP contribution is 2.14. The fourth-order valence-electron chi connectivity index (χ4n) is 0.880. The lowest BCUT2D eigenvalue weighted by molar-refractivity contribution is 0.161. The number of ether oxygens (including phenoxy) is 1. The average Bonchev–Trinajstić information content (AvgIpc) is 2.24. The summed E-state index contributed by atoms with van der Waals surface area (Å²) < 4.78 is 5.05. The second kappa shape index (κ2) is 8.60. The summed E-state index contributed by atoms with van der Waals surface area (Å²) in [6.45, 7) is 1.93. The maximum atomic E-state index is 5.05. The molecular formula is C8H16OS3. The molecule has 2 heterocycles. The van der Waals surface area contributed by atoms with Crippen molar-refractivity contribution in [2.45, 2.75) is 0 Å². The van der Waals surface area contributed by atoms with E-state index in [1.165, 1.54) is 34.5 Å². The van der Waals surface area contributed by atoms with E-state index in [2.05, 4.69) is 23.5 Å². The Kier molecular flexibility index (Phi) is 7.95. The van der Waals surface area contributed by atoms with Crippen LogP contribution in [0.15, 0.2) is 0 Å². The van der Waals surface area contributed by atoms with E-state index in [9.17, 15) is 0 Å². The summed E-state index contributed by atoms with van der Waals surface area (Å²) in [6.07, 6.45) is 0. The van der Waals surface area contributed by atoms with Crippen molar-refractivity contribution in [2.24, 2.45) is 0 Å². The smallest absolute Gasteiger partial charge is 0.0557 e. The number of rotatable bonds is 0. The Hall–Kier alpha value is 1.01. The fraction of sp³-hybridized carbons (Fsp3) is 1.00. The van der Waals surface area contributed by atoms with Crippen LogP contribution in [0.25, 0.3) is 0 Å². The van der Waals surface area contributed by atoms with Crippen LogP contribution in [0.5, 0.6) is 0 Å². The molecule has 0 amide bonds. The molecule has 2 fully saturated rings. The second-order valence-corrected chi connectivity index (χ2v) is 6.12. The Morgan fingerprint density at radius 1 is 0.583 bits per heavy atom. The van der Waals surface area contributed by atoms with Crippen molar-refractivity contribution in [2.75, 3.05) is 47.7 Å². The fourth-order valence-corrected chi connectivity index (χ4v) is 3.85. The molecule has 2 saturated heterocycles. The lowest BCUT2D eigenvalue weighted by Gasteiger charge is -2.07. The van der Waals surface area contributed by atoms with Crippen molar-refractivity contribution in [3.63, 3.8) is 0 Å². The van der Waals surface area contributed by atoms with Gasteiger partial charge in [0.05, 0.1) is 13.2 Å². The van der Waals surface area contributed by atoms with Crippen LogP contribution in [0.1, 0.15) is 0 Å². The zero-order valence-corrected chi connectivity index (χ0v) is 9.74. The molecule has 0 aromatic carbocycles. The molecular weight excluding hydrogens is 208 g/mol. The van der Waals surface area contributed by atoms with Gasteiger partial charge < -0.3 is 4.74 Å². The van der Waals surface area contributed by atoms with Gasteiger partial charge in [-0.1, -0.05) is 0 Å². The van der Waals surface area contributed by atoms with Crippen LogP contribution in [0.3, 0.4) is 0 Å². The van der Waals surface area contributed by atoms with E-state index in [1.807, 2.05) is 11.8 Å². The van der Waals surface area contributed by atoms with Gasteiger partial charge >= 0.3 is 0 Å². The molecule has 12 heavy (non-hydrogen) atoms. The third-order valence-corrected chi connectivity index (χ3v) is 4.89. The van der Waals surface area contributed by atoms with Crippen molar-refractivity contribution in [3.05, 3.63) is 0 Å². The summed E-state index contributed by atoms with van der Waals surface area (Å²) in [4.78, 5) is 0. The zero-order chi connectivity index (χ0) is 8.49. The SMILES string of the molecule is C1CSCCO1.C1CSCCS1. The van der Waals surface area contributed by atoms with Gasteiger partial charge in [-0.3, -0.25) is 0 Å². The summed E-state index contributed by atoms with van der Waals surface area (Å²) >= 11 is 6.12. The first-order chi connectivity index (χ1) is 6.00. The van der Waals surface area contributed by atoms with Crippen LogP contribution in [-0.2, 0) is 4.74 Å². The molecule has 2 aliphatic heterocycles. The summed E-state index contributed by atoms with van der Waals surface area (Å²) in [5.74, 6) is 7.91. The zero-order valence-electron chi connectivity index (χ0n) is 7.29. The lowest BCUT2D eigenvalue weighted by Crippen LogP contribution is -2.08. The molecule has 0 bridgehead atoms. The van der Waals surface area contributed by atoms with Crippen LogP contribution >= 0.6 is 35.3 Å². The predicted octanol–water partition coefficient (Wildman–Crippen LogP) is 2.22. The monoisotopic (exact) mass is 224 g/mol. The van der Waals surface area contributed by atoms with Crippen molar-refractivity contribution >= 4 is 35.3 Å². The van der Waals surface area contributed by atoms with E-state index in [0.717, 1.165) is 13.2 Å². The molecule has 1 nitrogen and oxygen atoms in total. The topological polar surface area (TPSA) is 9.23 Å². The van der Waals surface area contributed by atoms with Gasteiger partial charge in [0.1, 0.15) is 0 Å². The summed E-state index contributed by atoms with van der Waals surface area (Å²) in [5, 5.41) is 0. The molecule has 2 aliphatic rings. The molecule has 0 spiro atoms. The van der Waals surface area contributed by atoms with Crippen LogP contribution in [0.2, 0.25) is 0 Å². The van der Waals surface area contributed by atoms with Crippen molar-refractivity contribution in [3.8, 4) is 0 Å². The van der Waals surface area contributed by atoms with E-state index in [0.29, 0.717) is 0 Å². The Morgan fingerprint density at radius 2 is 1.00 bits per heavy atom. The average molecular weight is 224 g/mol. The minimum absolute atomic E-state index is 0.963. The van der Waals surface area contributed by atoms with E-state index < -0.39 is 0 Å². The van der Waals surface area contributed by atoms with Gasteiger partial charge in [-0.2, -0.15) is 35.3 Å². The molecule has 0 aliphatic carbocycles. The summed E-state index contributed by atoms with van der Waals surface area (Å²) in [7, 11) is 0. The van der Waals surface area contributed by atoms with Crippen LogP contribution in [0.4, 0.5) is 0 Å². The van der Waals surface area contributed by atoms with Gasteiger partial charge in [0.25, 0.3) is 0 Å². The van der Waals surface area contributed by atoms with E-state index in [4.69, 9.17) is 4.74 Å². The third-order valence-electron chi connectivity index (χ3n) is 1.49. The Labute approximate surface area is 87.8 Å². The minimum Gasteiger partial charge on any atom is -0.380 e. The molecule has 0 saturated carbocycles. The molecule has 72 valence electrons. The first kappa shape index (κ1) is 11.1. The van der Waals surface area contributed by atoms with Gasteiger partial charge in [0, 0.05) is 34.5 Å². The molecule has 0 aromatic heterocycles. The summed E-state index contributed by atoms with van der Waals surface area (Å²) in [5.41, 5.74) is 0. The van der Waals surface area contributed by atoms with Crippen LogP contribution < -0.4 is 0 Å². The third kappa shape index (κ3) is 6.52. The van der Waals surface area contributed by atoms with Gasteiger partial charge in [-0.25, -0.2) is 0 Å². The van der Waals surface area contributed by atoms with Crippen molar-refractivity contribution in [1.82, 2.24) is 0 Å². The second-order valence-electron chi connectivity index (χ2n) is 2.45. The van der Waals surface area contributed by atoms with Crippen molar-refractivity contribution in [1.29, 1.82) is 0 Å². The van der Waals surface area contributed by atoms with E-state index in [1.54, 1.807) is 0 Å². The Bertz CT molecular complexity index is 57.3. The Balaban J connectivity index is 0.000000120. The molecule has 0 unspecified atom stereocenters. The van der Waals surface area contributed by atoms with Crippen LogP contribution in [0, 0.1) is 0 Å². The minimum atomic E-state index is 0.963. The quantitative estimate of drug-likeness (QED) is 0.623. The molecule has 0 atom stereocenters. The molecule has 2 rings (SSSR count). The maximum absolute atomic E-state index is 5.05.